The normalized spacial score (nSPS) is 22.0. The van der Waals surface area contributed by atoms with E-state index in [9.17, 15) is 13.2 Å². The largest absolute Gasteiger partial charge is 0.458 e. The van der Waals surface area contributed by atoms with Crippen LogP contribution in [0.3, 0.4) is 0 Å². The maximum Gasteiger partial charge on any atom is 0.340 e. The van der Waals surface area contributed by atoms with Crippen molar-refractivity contribution in [2.45, 2.75) is 58.0 Å². The third kappa shape index (κ3) is 5.22. The molecule has 0 aliphatic heterocycles. The number of carbonyl (C=O) groups excluding carboxylic acids is 1. The molecule has 0 radical (unpaired) electrons. The lowest BCUT2D eigenvalue weighted by atomic mass is 9.75. The Balaban J connectivity index is 1.82. The van der Waals surface area contributed by atoms with E-state index in [1.54, 1.807) is 48.5 Å². The summed E-state index contributed by atoms with van der Waals surface area (Å²) in [5.41, 5.74) is 1.43. The fourth-order valence-electron chi connectivity index (χ4n) is 4.12. The summed E-state index contributed by atoms with van der Waals surface area (Å²) in [4.78, 5) is 13.2. The molecular formula is C24H31NO4S. The van der Waals surface area contributed by atoms with Crippen molar-refractivity contribution in [2.24, 2.45) is 17.8 Å². The Morgan fingerprint density at radius 2 is 1.73 bits per heavy atom. The minimum absolute atomic E-state index is 0.150. The van der Waals surface area contributed by atoms with Crippen molar-refractivity contribution in [2.75, 3.05) is 4.72 Å². The first kappa shape index (κ1) is 22.3. The molecule has 0 spiro atoms. The maximum atomic E-state index is 13.0. The van der Waals surface area contributed by atoms with E-state index in [0.29, 0.717) is 17.8 Å². The van der Waals surface area contributed by atoms with Gasteiger partial charge in [0.25, 0.3) is 10.0 Å². The molecule has 2 aromatic carbocycles. The van der Waals surface area contributed by atoms with Gasteiger partial charge >= 0.3 is 5.97 Å². The number of aryl methyl sites for hydroxylation is 1. The van der Waals surface area contributed by atoms with Gasteiger partial charge in [0.2, 0.25) is 0 Å². The van der Waals surface area contributed by atoms with E-state index in [2.05, 4.69) is 25.5 Å². The van der Waals surface area contributed by atoms with E-state index in [4.69, 9.17) is 4.74 Å². The first-order valence-corrected chi connectivity index (χ1v) is 12.0. The molecule has 1 aliphatic rings. The highest BCUT2D eigenvalue weighted by Gasteiger charge is 2.34. The molecule has 0 amide bonds. The number of sulfonamides is 1. The fourth-order valence-corrected chi connectivity index (χ4v) is 5.20. The Morgan fingerprint density at radius 1 is 1.07 bits per heavy atom. The summed E-state index contributed by atoms with van der Waals surface area (Å²) in [6, 6.07) is 13.2. The van der Waals surface area contributed by atoms with Crippen LogP contribution in [0.5, 0.6) is 0 Å². The second-order valence-electron chi connectivity index (χ2n) is 8.73. The number of anilines is 1. The summed E-state index contributed by atoms with van der Waals surface area (Å²) in [7, 11) is -3.81. The summed E-state index contributed by atoms with van der Waals surface area (Å²) in [6.07, 6.45) is 2.87. The van der Waals surface area contributed by atoms with Crippen molar-refractivity contribution < 1.29 is 17.9 Å². The van der Waals surface area contributed by atoms with Gasteiger partial charge in [-0.15, -0.1) is 0 Å². The SMILES string of the molecule is Cc1ccc(S(=O)(=O)Nc2ccccc2C(=O)O[C@@H]2C[C@@H](C)CC[C@H]2C(C)C)cc1. The maximum absolute atomic E-state index is 13.0. The molecule has 30 heavy (non-hydrogen) atoms. The van der Waals surface area contributed by atoms with Crippen molar-refractivity contribution in [1.82, 2.24) is 0 Å². The van der Waals surface area contributed by atoms with Gasteiger partial charge in [-0.3, -0.25) is 4.72 Å². The molecule has 1 saturated carbocycles. The quantitative estimate of drug-likeness (QED) is 0.623. The van der Waals surface area contributed by atoms with Gasteiger partial charge in [-0.2, -0.15) is 0 Å². The number of para-hydroxylation sites is 1. The molecule has 1 N–H and O–H groups in total. The van der Waals surface area contributed by atoms with Crippen LogP contribution in [0.4, 0.5) is 5.69 Å². The van der Waals surface area contributed by atoms with Gasteiger partial charge in [-0.25, -0.2) is 13.2 Å². The number of benzene rings is 2. The predicted molar refractivity (Wildman–Crippen MR) is 119 cm³/mol. The lowest BCUT2D eigenvalue weighted by Crippen LogP contribution is -2.36. The van der Waals surface area contributed by atoms with E-state index in [-0.39, 0.29) is 22.3 Å². The number of nitrogens with one attached hydrogen (secondary N) is 1. The van der Waals surface area contributed by atoms with E-state index in [1.165, 1.54) is 0 Å². The van der Waals surface area contributed by atoms with E-state index in [1.807, 2.05) is 6.92 Å². The van der Waals surface area contributed by atoms with E-state index < -0.39 is 16.0 Å². The molecule has 0 unspecified atom stereocenters. The number of hydrogen-bond acceptors (Lipinski definition) is 4. The van der Waals surface area contributed by atoms with Gasteiger partial charge < -0.3 is 4.74 Å². The van der Waals surface area contributed by atoms with Crippen LogP contribution in [0.15, 0.2) is 53.4 Å². The number of rotatable bonds is 6. The standard InChI is InChI=1S/C24H31NO4S/c1-16(2)20-14-11-18(4)15-23(20)29-24(26)21-7-5-6-8-22(21)25-30(27,28)19-12-9-17(3)10-13-19/h5-10,12-13,16,18,20,23,25H,11,14-15H2,1-4H3/t18-,20-,23+/m0/s1. The van der Waals surface area contributed by atoms with Crippen LogP contribution in [0, 0.1) is 24.7 Å². The van der Waals surface area contributed by atoms with Crippen LogP contribution in [-0.2, 0) is 14.8 Å². The molecule has 0 saturated heterocycles. The van der Waals surface area contributed by atoms with Gasteiger partial charge in [-0.1, -0.05) is 57.0 Å². The molecule has 1 aliphatic carbocycles. The van der Waals surface area contributed by atoms with Crippen molar-refractivity contribution in [3.63, 3.8) is 0 Å². The molecule has 162 valence electrons. The number of esters is 1. The molecule has 0 aromatic heterocycles. The summed E-state index contributed by atoms with van der Waals surface area (Å²) in [5, 5.41) is 0. The third-order valence-electron chi connectivity index (χ3n) is 5.94. The zero-order valence-corrected chi connectivity index (χ0v) is 18.9. The first-order chi connectivity index (χ1) is 14.2. The average molecular weight is 430 g/mol. The Morgan fingerprint density at radius 3 is 2.40 bits per heavy atom. The number of hydrogen-bond donors (Lipinski definition) is 1. The summed E-state index contributed by atoms with van der Waals surface area (Å²) < 4.78 is 34.1. The van der Waals surface area contributed by atoms with Crippen molar-refractivity contribution >= 4 is 21.7 Å². The lowest BCUT2D eigenvalue weighted by Gasteiger charge is -2.36. The minimum atomic E-state index is -3.81. The Kier molecular flexibility index (Phi) is 6.86. The molecule has 2 aromatic rings. The van der Waals surface area contributed by atoms with Gasteiger partial charge in [0.15, 0.2) is 0 Å². The van der Waals surface area contributed by atoms with Crippen LogP contribution in [-0.4, -0.2) is 20.5 Å². The Labute approximate surface area is 179 Å². The zero-order chi connectivity index (χ0) is 21.9. The highest BCUT2D eigenvalue weighted by Crippen LogP contribution is 2.36. The monoisotopic (exact) mass is 429 g/mol. The van der Waals surface area contributed by atoms with Gasteiger partial charge in [0, 0.05) is 0 Å². The molecular weight excluding hydrogens is 398 g/mol. The van der Waals surface area contributed by atoms with Crippen LogP contribution in [0.2, 0.25) is 0 Å². The van der Waals surface area contributed by atoms with Gasteiger partial charge in [0.1, 0.15) is 6.10 Å². The van der Waals surface area contributed by atoms with E-state index >= 15 is 0 Å². The van der Waals surface area contributed by atoms with Crippen molar-refractivity contribution in [1.29, 1.82) is 0 Å². The van der Waals surface area contributed by atoms with Crippen molar-refractivity contribution in [3.8, 4) is 0 Å². The minimum Gasteiger partial charge on any atom is -0.458 e. The summed E-state index contributed by atoms with van der Waals surface area (Å²) in [6.45, 7) is 8.39. The molecule has 5 nitrogen and oxygen atoms in total. The van der Waals surface area contributed by atoms with Crippen LogP contribution in [0.1, 0.15) is 56.0 Å². The Hall–Kier alpha value is -2.34. The van der Waals surface area contributed by atoms with Crippen molar-refractivity contribution in [3.05, 3.63) is 59.7 Å². The van der Waals surface area contributed by atoms with Crippen LogP contribution < -0.4 is 4.72 Å². The molecule has 0 heterocycles. The highest BCUT2D eigenvalue weighted by molar-refractivity contribution is 7.92. The topological polar surface area (TPSA) is 72.5 Å². The Bertz CT molecular complexity index is 983. The second-order valence-corrected chi connectivity index (χ2v) is 10.4. The molecule has 3 rings (SSSR count). The zero-order valence-electron chi connectivity index (χ0n) is 18.1. The average Bonchev–Trinajstić information content (AvgIpc) is 2.68. The van der Waals surface area contributed by atoms with E-state index in [0.717, 1.165) is 24.8 Å². The van der Waals surface area contributed by atoms with Crippen LogP contribution in [0.25, 0.3) is 0 Å². The smallest absolute Gasteiger partial charge is 0.340 e. The molecule has 3 atom stereocenters. The summed E-state index contributed by atoms with van der Waals surface area (Å²) >= 11 is 0. The molecule has 0 bridgehead atoms. The van der Waals surface area contributed by atoms with Crippen LogP contribution >= 0.6 is 0 Å². The highest BCUT2D eigenvalue weighted by atomic mass is 32.2. The molecule has 6 heteroatoms. The molecule has 1 fully saturated rings. The summed E-state index contributed by atoms with van der Waals surface area (Å²) in [5.74, 6) is 0.766. The second kappa shape index (κ2) is 9.21. The lowest BCUT2D eigenvalue weighted by molar-refractivity contribution is -0.0173. The van der Waals surface area contributed by atoms with Gasteiger partial charge in [0.05, 0.1) is 16.1 Å². The van der Waals surface area contributed by atoms with Gasteiger partial charge in [-0.05, 0) is 61.8 Å². The first-order valence-electron chi connectivity index (χ1n) is 10.6. The third-order valence-corrected chi connectivity index (χ3v) is 7.32. The number of carbonyl (C=O) groups is 1. The fraction of sp³-hybridized carbons (Fsp3) is 0.458. The number of ether oxygens (including phenoxy) is 1. The predicted octanol–water partition coefficient (Wildman–Crippen LogP) is 5.41.